The van der Waals surface area contributed by atoms with E-state index in [1.54, 1.807) is 0 Å². The lowest BCUT2D eigenvalue weighted by Crippen LogP contribution is -2.24. The second kappa shape index (κ2) is 7.34. The van der Waals surface area contributed by atoms with E-state index in [9.17, 15) is 9.59 Å². The van der Waals surface area contributed by atoms with Gasteiger partial charge in [0.25, 0.3) is 0 Å². The van der Waals surface area contributed by atoms with Crippen LogP contribution in [-0.4, -0.2) is 25.0 Å². The molecule has 0 aliphatic rings. The van der Waals surface area contributed by atoms with Crippen molar-refractivity contribution < 1.29 is 14.3 Å². The van der Waals surface area contributed by atoms with Crippen LogP contribution in [0.1, 0.15) is 19.8 Å². The van der Waals surface area contributed by atoms with E-state index in [0.717, 1.165) is 12.5 Å². The minimum Gasteiger partial charge on any atom is -0.466 e. The van der Waals surface area contributed by atoms with Gasteiger partial charge in [0.15, 0.2) is 0 Å². The summed E-state index contributed by atoms with van der Waals surface area (Å²) >= 11 is 0. The summed E-state index contributed by atoms with van der Waals surface area (Å²) in [5.41, 5.74) is 0. The van der Waals surface area contributed by atoms with E-state index in [2.05, 4.69) is 11.9 Å². The maximum atomic E-state index is 10.9. The second-order valence-electron chi connectivity index (χ2n) is 2.47. The highest BCUT2D eigenvalue weighted by Gasteiger charge is 2.01. The first-order chi connectivity index (χ1) is 6.20. The van der Waals surface area contributed by atoms with Gasteiger partial charge >= 0.3 is 5.97 Å². The van der Waals surface area contributed by atoms with Gasteiger partial charge in [-0.3, -0.25) is 9.59 Å². The fourth-order valence-corrected chi connectivity index (χ4v) is 0.648. The van der Waals surface area contributed by atoms with Crippen molar-refractivity contribution in [3.05, 3.63) is 12.7 Å². The molecule has 13 heavy (non-hydrogen) atoms. The summed E-state index contributed by atoms with van der Waals surface area (Å²) in [5.74, 6) is -0.561. The monoisotopic (exact) mass is 185 g/mol. The van der Waals surface area contributed by atoms with Crippen molar-refractivity contribution in [1.82, 2.24) is 5.32 Å². The molecule has 0 atom stereocenters. The first kappa shape index (κ1) is 11.7. The highest BCUT2D eigenvalue weighted by atomic mass is 16.5. The summed E-state index contributed by atoms with van der Waals surface area (Å²) in [5, 5.41) is 2.48. The Kier molecular flexibility index (Phi) is 6.59. The Bertz CT molecular complexity index is 189. The number of nitrogens with one attached hydrogen (secondary N) is 1. The average Bonchev–Trinajstić information content (AvgIpc) is 2.14. The van der Waals surface area contributed by atoms with Crippen LogP contribution in [0.15, 0.2) is 12.7 Å². The van der Waals surface area contributed by atoms with Crippen LogP contribution in [0.3, 0.4) is 0 Å². The van der Waals surface area contributed by atoms with Crippen LogP contribution in [0.4, 0.5) is 0 Å². The second-order valence-corrected chi connectivity index (χ2v) is 2.47. The van der Waals surface area contributed by atoms with E-state index in [4.69, 9.17) is 4.74 Å². The number of hydrogen-bond donors (Lipinski definition) is 1. The van der Waals surface area contributed by atoms with Crippen molar-refractivity contribution >= 4 is 11.9 Å². The van der Waals surface area contributed by atoms with Gasteiger partial charge in [0, 0.05) is 6.54 Å². The molecule has 0 saturated carbocycles. The Hall–Kier alpha value is -1.32. The Morgan fingerprint density at radius 2 is 2.23 bits per heavy atom. The van der Waals surface area contributed by atoms with E-state index in [-0.39, 0.29) is 18.3 Å². The Morgan fingerprint density at radius 1 is 1.54 bits per heavy atom. The van der Waals surface area contributed by atoms with E-state index in [1.165, 1.54) is 0 Å². The quantitative estimate of drug-likeness (QED) is 0.488. The Labute approximate surface area is 78.0 Å². The zero-order valence-electron chi connectivity index (χ0n) is 7.84. The Morgan fingerprint density at radius 3 is 2.77 bits per heavy atom. The van der Waals surface area contributed by atoms with Gasteiger partial charge in [-0.05, 0) is 12.5 Å². The van der Waals surface area contributed by atoms with Crippen molar-refractivity contribution in [2.24, 2.45) is 0 Å². The van der Waals surface area contributed by atoms with Crippen molar-refractivity contribution in [1.29, 1.82) is 0 Å². The molecule has 0 bridgehead atoms. The molecule has 0 rings (SSSR count). The molecule has 0 spiro atoms. The predicted octanol–water partition coefficient (Wildman–Crippen LogP) is 0.632. The lowest BCUT2D eigenvalue weighted by molar-refractivity contribution is -0.143. The number of hydrogen-bond acceptors (Lipinski definition) is 3. The van der Waals surface area contributed by atoms with Gasteiger partial charge in [0.2, 0.25) is 5.91 Å². The molecule has 0 aromatic carbocycles. The topological polar surface area (TPSA) is 55.4 Å². The molecule has 0 fully saturated rings. The van der Waals surface area contributed by atoms with Crippen LogP contribution in [0.2, 0.25) is 0 Å². The van der Waals surface area contributed by atoms with Crippen molar-refractivity contribution in [3.63, 3.8) is 0 Å². The van der Waals surface area contributed by atoms with Crippen molar-refractivity contribution in [3.8, 4) is 0 Å². The summed E-state index contributed by atoms with van der Waals surface area (Å²) in [6.07, 6.45) is 2.18. The van der Waals surface area contributed by atoms with Crippen LogP contribution in [0.5, 0.6) is 0 Å². The highest BCUT2D eigenvalue weighted by molar-refractivity contribution is 5.87. The molecule has 0 unspecified atom stereocenters. The van der Waals surface area contributed by atoms with Crippen LogP contribution in [-0.2, 0) is 14.3 Å². The molecule has 4 nitrogen and oxygen atoms in total. The zero-order valence-corrected chi connectivity index (χ0v) is 7.84. The predicted molar refractivity (Wildman–Crippen MR) is 49.1 cm³/mol. The molecule has 74 valence electrons. The van der Waals surface area contributed by atoms with E-state index in [0.29, 0.717) is 13.2 Å². The minimum absolute atomic E-state index is 0.208. The van der Waals surface area contributed by atoms with Gasteiger partial charge in [-0.15, -0.1) is 0 Å². The normalized spacial score (nSPS) is 9.00. The third kappa shape index (κ3) is 7.05. The lowest BCUT2D eigenvalue weighted by Gasteiger charge is -2.02. The number of carbonyl (C=O) groups excluding carboxylic acids is 2. The molecule has 1 amide bonds. The summed E-state index contributed by atoms with van der Waals surface area (Å²) in [6.45, 7) is 5.94. The minimum atomic E-state index is -0.286. The van der Waals surface area contributed by atoms with E-state index in [1.807, 2.05) is 6.92 Å². The van der Waals surface area contributed by atoms with E-state index < -0.39 is 0 Å². The largest absolute Gasteiger partial charge is 0.466 e. The fraction of sp³-hybridized carbons (Fsp3) is 0.556. The first-order valence-corrected chi connectivity index (χ1v) is 4.26. The molecular formula is C9H15NO3. The van der Waals surface area contributed by atoms with Crippen LogP contribution < -0.4 is 5.32 Å². The Balaban J connectivity index is 3.36. The van der Waals surface area contributed by atoms with Gasteiger partial charge in [0.1, 0.15) is 0 Å². The standard InChI is InChI=1S/C9H15NO3/c1-3-7-13-9(12)5-6-10-8(11)4-2/h4H,2-3,5-7H2,1H3,(H,10,11). The number of ether oxygens (including phenoxy) is 1. The summed E-state index contributed by atoms with van der Waals surface area (Å²) in [6, 6.07) is 0. The van der Waals surface area contributed by atoms with Crippen LogP contribution in [0, 0.1) is 0 Å². The summed E-state index contributed by atoms with van der Waals surface area (Å²) in [4.78, 5) is 21.5. The highest BCUT2D eigenvalue weighted by Crippen LogP contribution is 1.87. The molecule has 0 aromatic rings. The van der Waals surface area contributed by atoms with Gasteiger partial charge in [-0.1, -0.05) is 13.5 Å². The van der Waals surface area contributed by atoms with E-state index >= 15 is 0 Å². The third-order valence-corrected chi connectivity index (χ3v) is 1.28. The number of carbonyl (C=O) groups is 2. The zero-order chi connectivity index (χ0) is 10.1. The summed E-state index contributed by atoms with van der Waals surface area (Å²) in [7, 11) is 0. The first-order valence-electron chi connectivity index (χ1n) is 4.26. The molecule has 0 radical (unpaired) electrons. The van der Waals surface area contributed by atoms with Gasteiger partial charge < -0.3 is 10.1 Å². The molecular weight excluding hydrogens is 170 g/mol. The maximum absolute atomic E-state index is 10.9. The maximum Gasteiger partial charge on any atom is 0.307 e. The van der Waals surface area contributed by atoms with Crippen LogP contribution in [0.25, 0.3) is 0 Å². The summed E-state index contributed by atoms with van der Waals surface area (Å²) < 4.78 is 4.79. The molecule has 4 heteroatoms. The van der Waals surface area contributed by atoms with Gasteiger partial charge in [-0.2, -0.15) is 0 Å². The fourth-order valence-electron chi connectivity index (χ4n) is 0.648. The SMILES string of the molecule is C=CC(=O)NCCC(=O)OCCC. The van der Waals surface area contributed by atoms with Gasteiger partial charge in [0.05, 0.1) is 13.0 Å². The number of amides is 1. The molecule has 1 N–H and O–H groups in total. The average molecular weight is 185 g/mol. The smallest absolute Gasteiger partial charge is 0.307 e. The van der Waals surface area contributed by atoms with Crippen LogP contribution >= 0.6 is 0 Å². The molecule has 0 aliphatic carbocycles. The molecule has 0 aliphatic heterocycles. The molecule has 0 heterocycles. The van der Waals surface area contributed by atoms with Gasteiger partial charge in [-0.25, -0.2) is 0 Å². The molecule has 0 saturated heterocycles. The number of esters is 1. The van der Waals surface area contributed by atoms with Crippen molar-refractivity contribution in [2.45, 2.75) is 19.8 Å². The lowest BCUT2D eigenvalue weighted by atomic mass is 10.4. The third-order valence-electron chi connectivity index (χ3n) is 1.28. The number of rotatable bonds is 6. The van der Waals surface area contributed by atoms with Crippen molar-refractivity contribution in [2.75, 3.05) is 13.2 Å². The molecule has 0 aromatic heterocycles.